The summed E-state index contributed by atoms with van der Waals surface area (Å²) in [5.41, 5.74) is -0.118. The molecule has 0 saturated carbocycles. The van der Waals surface area contributed by atoms with E-state index in [1.807, 2.05) is 6.92 Å². The van der Waals surface area contributed by atoms with Crippen LogP contribution in [0.1, 0.15) is 32.4 Å². The Morgan fingerprint density at radius 3 is 2.38 bits per heavy atom. The van der Waals surface area contributed by atoms with Gasteiger partial charge in [0, 0.05) is 23.1 Å². The first kappa shape index (κ1) is 18.6. The number of halogens is 3. The highest BCUT2D eigenvalue weighted by atomic mass is 35.5. The Morgan fingerprint density at radius 2 is 1.86 bits per heavy atom. The fourth-order valence-corrected chi connectivity index (χ4v) is 3.55. The average Bonchev–Trinajstić information content (AvgIpc) is 2.28. The summed E-state index contributed by atoms with van der Waals surface area (Å²) in [6.45, 7) is 5.66. The molecule has 1 atom stereocenters. The topological polar surface area (TPSA) is 58.2 Å². The van der Waals surface area contributed by atoms with Crippen LogP contribution in [-0.4, -0.2) is 26.8 Å². The van der Waals surface area contributed by atoms with Crippen molar-refractivity contribution in [1.29, 1.82) is 0 Å². The van der Waals surface area contributed by atoms with Crippen molar-refractivity contribution in [3.05, 3.63) is 33.6 Å². The van der Waals surface area contributed by atoms with Crippen LogP contribution in [0.4, 0.5) is 4.39 Å². The highest BCUT2D eigenvalue weighted by molar-refractivity contribution is 7.88. The summed E-state index contributed by atoms with van der Waals surface area (Å²) in [7, 11) is -3.31. The number of rotatable bonds is 6. The van der Waals surface area contributed by atoms with Gasteiger partial charge in [0.15, 0.2) is 0 Å². The van der Waals surface area contributed by atoms with E-state index in [1.165, 1.54) is 12.1 Å². The van der Waals surface area contributed by atoms with Crippen LogP contribution in [-0.2, 0) is 10.0 Å². The monoisotopic (exact) mass is 356 g/mol. The molecule has 4 nitrogen and oxygen atoms in total. The Hall–Kier alpha value is -0.400. The molecule has 1 unspecified atom stereocenters. The lowest BCUT2D eigenvalue weighted by molar-refractivity contribution is 0.399. The van der Waals surface area contributed by atoms with Gasteiger partial charge in [-0.1, -0.05) is 23.2 Å². The molecule has 0 bridgehead atoms. The summed E-state index contributed by atoms with van der Waals surface area (Å²) in [5.74, 6) is -0.543. The standard InChI is InChI=1S/C13H19Cl2FN2O2S/c1-8(9-5-12(16)11(15)6-10(9)14)17-7-13(2,3)18-21(4,19)20/h5-6,8,17-18H,7H2,1-4H3. The van der Waals surface area contributed by atoms with Gasteiger partial charge in [0.05, 0.1) is 11.3 Å². The van der Waals surface area contributed by atoms with Crippen molar-refractivity contribution in [2.45, 2.75) is 32.4 Å². The predicted octanol–water partition coefficient (Wildman–Crippen LogP) is 3.11. The maximum atomic E-state index is 13.5. The van der Waals surface area contributed by atoms with Crippen molar-refractivity contribution in [2.24, 2.45) is 0 Å². The van der Waals surface area contributed by atoms with Crippen LogP contribution in [0.25, 0.3) is 0 Å². The van der Waals surface area contributed by atoms with E-state index < -0.39 is 21.4 Å². The third kappa shape index (κ3) is 6.08. The van der Waals surface area contributed by atoms with Crippen LogP contribution in [0.2, 0.25) is 10.0 Å². The summed E-state index contributed by atoms with van der Waals surface area (Å²) < 4.78 is 38.6. The van der Waals surface area contributed by atoms with Crippen LogP contribution in [0.5, 0.6) is 0 Å². The second kappa shape index (κ2) is 6.79. The maximum absolute atomic E-state index is 13.5. The molecule has 0 heterocycles. The summed E-state index contributed by atoms with van der Waals surface area (Å²) in [6, 6.07) is 2.37. The van der Waals surface area contributed by atoms with E-state index in [1.54, 1.807) is 13.8 Å². The minimum atomic E-state index is -3.31. The highest BCUT2D eigenvalue weighted by Crippen LogP contribution is 2.28. The van der Waals surface area contributed by atoms with Crippen LogP contribution < -0.4 is 10.0 Å². The van der Waals surface area contributed by atoms with Gasteiger partial charge in [0.2, 0.25) is 10.0 Å². The Labute approximate surface area is 135 Å². The van der Waals surface area contributed by atoms with Gasteiger partial charge in [-0.25, -0.2) is 17.5 Å². The molecular weight excluding hydrogens is 338 g/mol. The smallest absolute Gasteiger partial charge is 0.209 e. The molecule has 0 aliphatic heterocycles. The molecule has 21 heavy (non-hydrogen) atoms. The van der Waals surface area contributed by atoms with Gasteiger partial charge in [0.1, 0.15) is 5.82 Å². The van der Waals surface area contributed by atoms with Crippen LogP contribution >= 0.6 is 23.2 Å². The molecule has 120 valence electrons. The third-order valence-electron chi connectivity index (χ3n) is 2.82. The molecule has 0 aromatic heterocycles. The van der Waals surface area contributed by atoms with E-state index in [2.05, 4.69) is 10.0 Å². The molecular formula is C13H19Cl2FN2O2S. The molecule has 2 N–H and O–H groups in total. The molecule has 1 rings (SSSR count). The number of nitrogens with one attached hydrogen (secondary N) is 2. The fraction of sp³-hybridized carbons (Fsp3) is 0.538. The van der Waals surface area contributed by atoms with E-state index in [9.17, 15) is 12.8 Å². The fourth-order valence-electron chi connectivity index (χ4n) is 1.93. The molecule has 1 aromatic carbocycles. The first-order valence-electron chi connectivity index (χ1n) is 6.28. The van der Waals surface area contributed by atoms with E-state index in [0.717, 1.165) is 6.26 Å². The lowest BCUT2D eigenvalue weighted by Crippen LogP contribution is -2.50. The molecule has 0 saturated heterocycles. The Kier molecular flexibility index (Phi) is 6.03. The van der Waals surface area contributed by atoms with Crippen molar-refractivity contribution in [3.8, 4) is 0 Å². The van der Waals surface area contributed by atoms with E-state index in [0.29, 0.717) is 17.1 Å². The number of sulfonamides is 1. The summed E-state index contributed by atoms with van der Waals surface area (Å²) in [5, 5.41) is 3.45. The van der Waals surface area contributed by atoms with Crippen LogP contribution in [0.15, 0.2) is 12.1 Å². The lowest BCUT2D eigenvalue weighted by atomic mass is 10.0. The van der Waals surface area contributed by atoms with Crippen molar-refractivity contribution < 1.29 is 12.8 Å². The molecule has 0 radical (unpaired) electrons. The largest absolute Gasteiger partial charge is 0.308 e. The first-order valence-corrected chi connectivity index (χ1v) is 8.93. The van der Waals surface area contributed by atoms with Gasteiger partial charge in [-0.05, 0) is 38.5 Å². The minimum Gasteiger partial charge on any atom is -0.308 e. The van der Waals surface area contributed by atoms with Gasteiger partial charge in [-0.2, -0.15) is 0 Å². The summed E-state index contributed by atoms with van der Waals surface area (Å²) >= 11 is 11.7. The molecule has 0 aliphatic carbocycles. The highest BCUT2D eigenvalue weighted by Gasteiger charge is 2.23. The predicted molar refractivity (Wildman–Crippen MR) is 84.9 cm³/mol. The normalized spacial score (nSPS) is 14.2. The number of hydrogen-bond acceptors (Lipinski definition) is 3. The van der Waals surface area contributed by atoms with Gasteiger partial charge < -0.3 is 5.32 Å². The molecule has 1 aromatic rings. The minimum absolute atomic E-state index is 0.0324. The second-order valence-electron chi connectivity index (χ2n) is 5.65. The van der Waals surface area contributed by atoms with Crippen LogP contribution in [0.3, 0.4) is 0 Å². The van der Waals surface area contributed by atoms with E-state index in [-0.39, 0.29) is 11.1 Å². The maximum Gasteiger partial charge on any atom is 0.209 e. The van der Waals surface area contributed by atoms with Crippen molar-refractivity contribution in [3.63, 3.8) is 0 Å². The molecule has 8 heteroatoms. The molecule has 0 amide bonds. The first-order chi connectivity index (χ1) is 9.41. The second-order valence-corrected chi connectivity index (χ2v) is 8.21. The zero-order valence-electron chi connectivity index (χ0n) is 12.3. The third-order valence-corrected chi connectivity index (χ3v) is 4.36. The lowest BCUT2D eigenvalue weighted by Gasteiger charge is -2.28. The summed E-state index contributed by atoms with van der Waals surface area (Å²) in [4.78, 5) is 0. The van der Waals surface area contributed by atoms with Gasteiger partial charge >= 0.3 is 0 Å². The number of benzene rings is 1. The van der Waals surface area contributed by atoms with E-state index in [4.69, 9.17) is 23.2 Å². The van der Waals surface area contributed by atoms with Crippen molar-refractivity contribution >= 4 is 33.2 Å². The Bertz CT molecular complexity index is 621. The van der Waals surface area contributed by atoms with Gasteiger partial charge in [-0.15, -0.1) is 0 Å². The van der Waals surface area contributed by atoms with Crippen molar-refractivity contribution in [2.75, 3.05) is 12.8 Å². The SMILES string of the molecule is CC(NCC(C)(C)NS(C)(=O)=O)c1cc(F)c(Cl)cc1Cl. The molecule has 0 spiro atoms. The van der Waals surface area contributed by atoms with Gasteiger partial charge in [0.25, 0.3) is 0 Å². The van der Waals surface area contributed by atoms with Crippen molar-refractivity contribution in [1.82, 2.24) is 10.0 Å². The quantitative estimate of drug-likeness (QED) is 0.770. The van der Waals surface area contributed by atoms with Gasteiger partial charge in [-0.3, -0.25) is 0 Å². The van der Waals surface area contributed by atoms with E-state index >= 15 is 0 Å². The Balaban J connectivity index is 2.78. The zero-order chi connectivity index (χ0) is 16.4. The average molecular weight is 357 g/mol. The zero-order valence-corrected chi connectivity index (χ0v) is 14.6. The molecule has 0 aliphatic rings. The Morgan fingerprint density at radius 1 is 1.29 bits per heavy atom. The molecule has 0 fully saturated rings. The van der Waals surface area contributed by atoms with Crippen LogP contribution in [0, 0.1) is 5.82 Å². The number of hydrogen-bond donors (Lipinski definition) is 2. The summed E-state index contributed by atoms with van der Waals surface area (Å²) in [6.07, 6.45) is 1.10.